The largest absolute Gasteiger partial charge is 0.314 e. The van der Waals surface area contributed by atoms with Gasteiger partial charge in [0.25, 0.3) is 5.56 Å². The number of rotatable bonds is 6. The van der Waals surface area contributed by atoms with Crippen LogP contribution in [0.25, 0.3) is 10.9 Å². The van der Waals surface area contributed by atoms with Crippen molar-refractivity contribution < 1.29 is 0 Å². The van der Waals surface area contributed by atoms with Gasteiger partial charge in [-0.1, -0.05) is 17.3 Å². The second-order valence-electron chi connectivity index (χ2n) is 4.69. The smallest absolute Gasteiger partial charge is 0.277 e. The van der Waals surface area contributed by atoms with Gasteiger partial charge in [0.1, 0.15) is 5.52 Å². The second-order valence-corrected chi connectivity index (χ2v) is 4.69. The highest BCUT2D eigenvalue weighted by Crippen LogP contribution is 2.02. The number of benzene rings is 1. The van der Waals surface area contributed by atoms with Gasteiger partial charge >= 0.3 is 0 Å². The molecule has 0 unspecified atom stereocenters. The van der Waals surface area contributed by atoms with E-state index in [4.69, 9.17) is 0 Å². The third-order valence-electron chi connectivity index (χ3n) is 2.87. The maximum atomic E-state index is 12.1. The summed E-state index contributed by atoms with van der Waals surface area (Å²) >= 11 is 0. The van der Waals surface area contributed by atoms with Gasteiger partial charge in [-0.05, 0) is 26.2 Å². The molecule has 0 aliphatic carbocycles. The van der Waals surface area contributed by atoms with Crippen LogP contribution in [0.15, 0.2) is 29.1 Å². The normalized spacial score (nSPS) is 11.3. The van der Waals surface area contributed by atoms with Gasteiger partial charge in [0, 0.05) is 19.6 Å². The number of likely N-dealkylation sites (N-methyl/N-ethyl adjacent to an activating group) is 1. The predicted molar refractivity (Wildman–Crippen MR) is 75.2 cm³/mol. The van der Waals surface area contributed by atoms with E-state index in [2.05, 4.69) is 20.5 Å². The molecule has 19 heavy (non-hydrogen) atoms. The zero-order valence-electron chi connectivity index (χ0n) is 11.3. The molecular weight excluding hydrogens is 242 g/mol. The molecule has 0 amide bonds. The van der Waals surface area contributed by atoms with E-state index < -0.39 is 0 Å². The summed E-state index contributed by atoms with van der Waals surface area (Å²) in [6, 6.07) is 7.26. The fourth-order valence-corrected chi connectivity index (χ4v) is 1.78. The van der Waals surface area contributed by atoms with Gasteiger partial charge in [-0.15, -0.1) is 5.10 Å². The summed E-state index contributed by atoms with van der Waals surface area (Å²) in [7, 11) is 4.06. The van der Waals surface area contributed by atoms with Gasteiger partial charge in [0.15, 0.2) is 0 Å². The van der Waals surface area contributed by atoms with Crippen molar-refractivity contribution in [3.05, 3.63) is 34.6 Å². The lowest BCUT2D eigenvalue weighted by molar-refractivity contribution is 0.394. The van der Waals surface area contributed by atoms with Crippen LogP contribution >= 0.6 is 0 Å². The molecule has 2 rings (SSSR count). The lowest BCUT2D eigenvalue weighted by Gasteiger charge is -2.10. The van der Waals surface area contributed by atoms with E-state index in [-0.39, 0.29) is 5.56 Å². The molecule has 2 aromatic rings. The highest BCUT2D eigenvalue weighted by atomic mass is 16.1. The van der Waals surface area contributed by atoms with Crippen LogP contribution in [-0.2, 0) is 6.54 Å². The minimum absolute atomic E-state index is 0.0833. The Hall–Kier alpha value is -1.79. The maximum Gasteiger partial charge on any atom is 0.277 e. The molecule has 0 atom stereocenters. The third kappa shape index (κ3) is 3.59. The van der Waals surface area contributed by atoms with E-state index in [9.17, 15) is 4.79 Å². The molecule has 1 heterocycles. The van der Waals surface area contributed by atoms with Crippen molar-refractivity contribution in [3.8, 4) is 0 Å². The Morgan fingerprint density at radius 1 is 1.26 bits per heavy atom. The van der Waals surface area contributed by atoms with Crippen LogP contribution in [0.1, 0.15) is 0 Å². The van der Waals surface area contributed by atoms with Crippen LogP contribution in [0.4, 0.5) is 0 Å². The first-order valence-corrected chi connectivity index (χ1v) is 6.36. The molecule has 0 fully saturated rings. The van der Waals surface area contributed by atoms with Crippen LogP contribution in [0.2, 0.25) is 0 Å². The highest BCUT2D eigenvalue weighted by molar-refractivity contribution is 5.76. The standard InChI is InChI=1S/C13H19N5O/c1-17(2)9-7-14-8-10-18-13(19)11-5-3-4-6-12(11)15-16-18/h3-6,14H,7-10H2,1-2H3. The Balaban J connectivity index is 1.98. The van der Waals surface area contributed by atoms with E-state index in [0.717, 1.165) is 13.1 Å². The summed E-state index contributed by atoms with van der Waals surface area (Å²) in [6.07, 6.45) is 0. The summed E-state index contributed by atoms with van der Waals surface area (Å²) in [5.41, 5.74) is 0.560. The van der Waals surface area contributed by atoms with E-state index in [1.54, 1.807) is 12.1 Å². The molecular formula is C13H19N5O. The van der Waals surface area contributed by atoms with Crippen LogP contribution in [-0.4, -0.2) is 53.6 Å². The first-order chi connectivity index (χ1) is 9.18. The van der Waals surface area contributed by atoms with Crippen molar-refractivity contribution >= 4 is 10.9 Å². The fourth-order valence-electron chi connectivity index (χ4n) is 1.78. The zero-order chi connectivity index (χ0) is 13.7. The summed E-state index contributed by atoms with van der Waals surface area (Å²) in [5.74, 6) is 0. The monoisotopic (exact) mass is 261 g/mol. The highest BCUT2D eigenvalue weighted by Gasteiger charge is 2.03. The lowest BCUT2D eigenvalue weighted by Crippen LogP contribution is -2.32. The predicted octanol–water partition coefficient (Wildman–Crippen LogP) is -0.0573. The van der Waals surface area contributed by atoms with Gasteiger partial charge in [-0.3, -0.25) is 4.79 Å². The van der Waals surface area contributed by atoms with E-state index in [1.165, 1.54) is 4.68 Å². The number of nitrogens with one attached hydrogen (secondary N) is 1. The number of fused-ring (bicyclic) bond motifs is 1. The maximum absolute atomic E-state index is 12.1. The summed E-state index contributed by atoms with van der Waals surface area (Å²) in [6.45, 7) is 3.10. The Bertz CT molecular complexity index is 593. The van der Waals surface area contributed by atoms with Crippen LogP contribution in [0.5, 0.6) is 0 Å². The molecule has 0 spiro atoms. The summed E-state index contributed by atoms with van der Waals surface area (Å²) in [4.78, 5) is 14.2. The topological polar surface area (TPSA) is 63.1 Å². The molecule has 6 heteroatoms. The number of hydrogen-bond acceptors (Lipinski definition) is 5. The molecule has 0 saturated carbocycles. The van der Waals surface area contributed by atoms with E-state index in [1.807, 2.05) is 26.2 Å². The quantitative estimate of drug-likeness (QED) is 0.738. The van der Waals surface area contributed by atoms with Gasteiger partial charge in [0.05, 0.1) is 11.9 Å². The molecule has 0 bridgehead atoms. The first-order valence-electron chi connectivity index (χ1n) is 6.36. The average molecular weight is 261 g/mol. The minimum atomic E-state index is -0.0833. The van der Waals surface area contributed by atoms with Crippen molar-refractivity contribution in [3.63, 3.8) is 0 Å². The molecule has 102 valence electrons. The molecule has 0 aliphatic heterocycles. The summed E-state index contributed by atoms with van der Waals surface area (Å²) < 4.78 is 1.41. The molecule has 0 saturated heterocycles. The van der Waals surface area contributed by atoms with Crippen LogP contribution in [0.3, 0.4) is 0 Å². The second kappa shape index (κ2) is 6.40. The molecule has 1 N–H and O–H groups in total. The Morgan fingerprint density at radius 2 is 2.05 bits per heavy atom. The van der Waals surface area contributed by atoms with E-state index >= 15 is 0 Å². The van der Waals surface area contributed by atoms with Crippen molar-refractivity contribution in [1.29, 1.82) is 0 Å². The average Bonchev–Trinajstić information content (AvgIpc) is 2.41. The van der Waals surface area contributed by atoms with Crippen LogP contribution in [0, 0.1) is 0 Å². The van der Waals surface area contributed by atoms with E-state index in [0.29, 0.717) is 24.0 Å². The first kappa shape index (κ1) is 13.6. The van der Waals surface area contributed by atoms with Gasteiger partial charge < -0.3 is 10.2 Å². The Labute approximate surface area is 112 Å². The number of nitrogens with zero attached hydrogens (tertiary/aromatic N) is 4. The van der Waals surface area contributed by atoms with Crippen molar-refractivity contribution in [2.24, 2.45) is 0 Å². The van der Waals surface area contributed by atoms with Crippen molar-refractivity contribution in [2.75, 3.05) is 33.7 Å². The minimum Gasteiger partial charge on any atom is -0.314 e. The fraction of sp³-hybridized carbons (Fsp3) is 0.462. The Kier molecular flexibility index (Phi) is 4.59. The van der Waals surface area contributed by atoms with Crippen LogP contribution < -0.4 is 10.9 Å². The molecule has 0 radical (unpaired) electrons. The SMILES string of the molecule is CN(C)CCNCCn1nnc2ccccc2c1=O. The van der Waals surface area contributed by atoms with Crippen molar-refractivity contribution in [2.45, 2.75) is 6.54 Å². The number of hydrogen-bond donors (Lipinski definition) is 1. The lowest BCUT2D eigenvalue weighted by atomic mass is 10.2. The Morgan fingerprint density at radius 3 is 2.84 bits per heavy atom. The third-order valence-corrected chi connectivity index (χ3v) is 2.87. The van der Waals surface area contributed by atoms with Gasteiger partial charge in [-0.25, -0.2) is 4.68 Å². The molecule has 0 aliphatic rings. The number of aromatic nitrogens is 3. The molecule has 6 nitrogen and oxygen atoms in total. The van der Waals surface area contributed by atoms with Gasteiger partial charge in [-0.2, -0.15) is 0 Å². The van der Waals surface area contributed by atoms with Crippen molar-refractivity contribution in [1.82, 2.24) is 25.2 Å². The summed E-state index contributed by atoms with van der Waals surface area (Å²) in [5, 5.41) is 11.9. The molecule has 1 aromatic carbocycles. The molecule has 1 aromatic heterocycles. The zero-order valence-corrected chi connectivity index (χ0v) is 11.3. The van der Waals surface area contributed by atoms with Gasteiger partial charge in [0.2, 0.25) is 0 Å².